The molecule has 0 saturated carbocycles. The quantitative estimate of drug-likeness (QED) is 0.523. The summed E-state index contributed by atoms with van der Waals surface area (Å²) in [6, 6.07) is 0. The molecule has 0 atom stereocenters. The Hall–Kier alpha value is -0.500. The minimum Gasteiger partial charge on any atom is -0.361 e. The fourth-order valence-corrected chi connectivity index (χ4v) is 0.668. The number of aliphatic hydroxyl groups is 1. The van der Waals surface area contributed by atoms with Crippen LogP contribution in [0.15, 0.2) is 0 Å². The van der Waals surface area contributed by atoms with E-state index in [2.05, 4.69) is 0 Å². The Morgan fingerprint density at radius 2 is 1.08 bits per heavy atom. The van der Waals surface area contributed by atoms with E-state index in [1.165, 1.54) is 0 Å². The lowest BCUT2D eigenvalue weighted by Gasteiger charge is -2.37. The van der Waals surface area contributed by atoms with E-state index in [0.29, 0.717) is 14.1 Å². The van der Waals surface area contributed by atoms with Crippen LogP contribution in [-0.4, -0.2) is 42.2 Å². The van der Waals surface area contributed by atoms with Crippen molar-refractivity contribution < 1.29 is 31.4 Å². The summed E-state index contributed by atoms with van der Waals surface area (Å²) in [5, 5.41) is 8.44. The van der Waals surface area contributed by atoms with Gasteiger partial charge in [-0.1, -0.05) is 0 Å². The molecule has 1 N–H and O–H groups in total. The number of rotatable bonds is 1. The van der Waals surface area contributed by atoms with Gasteiger partial charge in [0.15, 0.2) is 0 Å². The van der Waals surface area contributed by atoms with Gasteiger partial charge in [0, 0.05) is 0 Å². The lowest BCUT2D eigenvalue weighted by Crippen LogP contribution is -2.65. The van der Waals surface area contributed by atoms with Crippen LogP contribution in [0.5, 0.6) is 0 Å². The van der Waals surface area contributed by atoms with Gasteiger partial charge < -0.3 is 5.11 Å². The van der Waals surface area contributed by atoms with Crippen LogP contribution in [0.25, 0.3) is 0 Å². The predicted octanol–water partition coefficient (Wildman–Crippen LogP) is 1.36. The predicted molar refractivity (Wildman–Crippen MR) is 30.7 cm³/mol. The first-order valence-electron chi connectivity index (χ1n) is 2.98. The zero-order chi connectivity index (χ0) is 11.1. The van der Waals surface area contributed by atoms with Crippen LogP contribution in [0.2, 0.25) is 0 Å². The Balaban J connectivity index is 5.22. The van der Waals surface area contributed by atoms with Gasteiger partial charge in [-0.25, -0.2) is 0 Å². The molecule has 0 bridgehead atoms. The molecular weight excluding hydrogens is 204 g/mol. The van der Waals surface area contributed by atoms with Crippen LogP contribution >= 0.6 is 0 Å². The standard InChI is InChI=1S/C5H7F6NO/c1-12(2)3(13,4(6,7)8)5(9,10)11/h13H,1-2H3. The second-order valence-electron chi connectivity index (χ2n) is 2.56. The maximum atomic E-state index is 11.8. The Morgan fingerprint density at radius 1 is 0.846 bits per heavy atom. The lowest BCUT2D eigenvalue weighted by molar-refractivity contribution is -0.409. The maximum absolute atomic E-state index is 11.8. The Labute approximate surface area is 69.7 Å². The van der Waals surface area contributed by atoms with Gasteiger partial charge in [0.2, 0.25) is 0 Å². The van der Waals surface area contributed by atoms with Crippen LogP contribution in [-0.2, 0) is 0 Å². The van der Waals surface area contributed by atoms with Gasteiger partial charge in [-0.15, -0.1) is 0 Å². The fourth-order valence-electron chi connectivity index (χ4n) is 0.668. The summed E-state index contributed by atoms with van der Waals surface area (Å²) in [5.41, 5.74) is -4.79. The molecule has 0 amide bonds. The second-order valence-corrected chi connectivity index (χ2v) is 2.56. The number of hydrogen-bond acceptors (Lipinski definition) is 2. The first-order valence-corrected chi connectivity index (χ1v) is 2.98. The minimum atomic E-state index is -5.78. The van der Waals surface area contributed by atoms with Crippen molar-refractivity contribution in [2.75, 3.05) is 14.1 Å². The molecule has 80 valence electrons. The van der Waals surface area contributed by atoms with E-state index >= 15 is 0 Å². The van der Waals surface area contributed by atoms with Crippen molar-refractivity contribution >= 4 is 0 Å². The molecule has 0 aliphatic heterocycles. The summed E-state index contributed by atoms with van der Waals surface area (Å²) in [5.74, 6) is 0. The van der Waals surface area contributed by atoms with Gasteiger partial charge >= 0.3 is 18.1 Å². The first kappa shape index (κ1) is 12.5. The van der Waals surface area contributed by atoms with Gasteiger partial charge in [-0.2, -0.15) is 26.3 Å². The molecule has 0 aromatic carbocycles. The normalized spacial score (nSPS) is 15.2. The zero-order valence-electron chi connectivity index (χ0n) is 6.66. The minimum absolute atomic E-state index is 0.340. The van der Waals surface area contributed by atoms with Crippen molar-refractivity contribution in [2.45, 2.75) is 18.1 Å². The molecule has 0 heterocycles. The van der Waals surface area contributed by atoms with Gasteiger partial charge in [0.05, 0.1) is 0 Å². The zero-order valence-corrected chi connectivity index (χ0v) is 6.66. The molecular formula is C5H7F6NO. The van der Waals surface area contributed by atoms with E-state index in [4.69, 9.17) is 5.11 Å². The third kappa shape index (κ3) is 1.88. The van der Waals surface area contributed by atoms with Crippen LogP contribution in [0, 0.1) is 0 Å². The average Bonchev–Trinajstić information content (AvgIpc) is 1.80. The Bertz CT molecular complexity index is 168. The second kappa shape index (κ2) is 3.02. The molecule has 0 radical (unpaired) electrons. The highest BCUT2D eigenvalue weighted by Gasteiger charge is 2.72. The van der Waals surface area contributed by atoms with Crippen LogP contribution in [0.3, 0.4) is 0 Å². The summed E-state index contributed by atoms with van der Waals surface area (Å²) in [6.07, 6.45) is -11.6. The molecule has 2 nitrogen and oxygen atoms in total. The SMILES string of the molecule is CN(C)C(O)(C(F)(F)F)C(F)(F)F. The van der Waals surface area contributed by atoms with Gasteiger partial charge in [0.25, 0.3) is 0 Å². The number of nitrogens with zero attached hydrogens (tertiary/aromatic N) is 1. The molecule has 0 aromatic heterocycles. The molecule has 0 saturated heterocycles. The summed E-state index contributed by atoms with van der Waals surface area (Å²) < 4.78 is 71.0. The van der Waals surface area contributed by atoms with Gasteiger partial charge in [-0.05, 0) is 14.1 Å². The highest BCUT2D eigenvalue weighted by atomic mass is 19.4. The highest BCUT2D eigenvalue weighted by molar-refractivity contribution is 4.90. The van der Waals surface area contributed by atoms with Gasteiger partial charge in [-0.3, -0.25) is 4.90 Å². The van der Waals surface area contributed by atoms with Crippen molar-refractivity contribution in [1.29, 1.82) is 0 Å². The molecule has 0 aliphatic carbocycles. The highest BCUT2D eigenvalue weighted by Crippen LogP contribution is 2.43. The summed E-state index contributed by atoms with van der Waals surface area (Å²) in [6.45, 7) is 0. The van der Waals surface area contributed by atoms with E-state index in [0.717, 1.165) is 0 Å². The van der Waals surface area contributed by atoms with E-state index in [-0.39, 0.29) is 4.90 Å². The van der Waals surface area contributed by atoms with Crippen molar-refractivity contribution in [1.82, 2.24) is 4.90 Å². The van der Waals surface area contributed by atoms with Crippen LogP contribution in [0.1, 0.15) is 0 Å². The van der Waals surface area contributed by atoms with Gasteiger partial charge in [0.1, 0.15) is 0 Å². The summed E-state index contributed by atoms with van der Waals surface area (Å²) in [7, 11) is 0.974. The molecule has 0 rings (SSSR count). The van der Waals surface area contributed by atoms with Crippen molar-refractivity contribution in [2.24, 2.45) is 0 Å². The molecule has 8 heteroatoms. The number of hydrogen-bond donors (Lipinski definition) is 1. The number of alkyl halides is 6. The molecule has 0 aromatic rings. The van der Waals surface area contributed by atoms with E-state index in [9.17, 15) is 26.3 Å². The fraction of sp³-hybridized carbons (Fsp3) is 1.00. The molecule has 0 fully saturated rings. The summed E-state index contributed by atoms with van der Waals surface area (Å²) >= 11 is 0. The third-order valence-corrected chi connectivity index (χ3v) is 1.44. The van der Waals surface area contributed by atoms with Crippen LogP contribution in [0.4, 0.5) is 26.3 Å². The van der Waals surface area contributed by atoms with Crippen LogP contribution < -0.4 is 0 Å². The largest absolute Gasteiger partial charge is 0.440 e. The lowest BCUT2D eigenvalue weighted by atomic mass is 10.2. The van der Waals surface area contributed by atoms with Crippen molar-refractivity contribution in [3.8, 4) is 0 Å². The van der Waals surface area contributed by atoms with Crippen molar-refractivity contribution in [3.05, 3.63) is 0 Å². The molecule has 13 heavy (non-hydrogen) atoms. The van der Waals surface area contributed by atoms with Crippen molar-refractivity contribution in [3.63, 3.8) is 0 Å². The average molecular weight is 211 g/mol. The molecule has 0 spiro atoms. The topological polar surface area (TPSA) is 23.5 Å². The van der Waals surface area contributed by atoms with E-state index in [1.54, 1.807) is 0 Å². The third-order valence-electron chi connectivity index (χ3n) is 1.44. The van der Waals surface area contributed by atoms with E-state index in [1.807, 2.05) is 0 Å². The monoisotopic (exact) mass is 211 g/mol. The van der Waals surface area contributed by atoms with E-state index < -0.39 is 18.1 Å². The smallest absolute Gasteiger partial charge is 0.361 e. The Kier molecular flexibility index (Phi) is 2.90. The maximum Gasteiger partial charge on any atom is 0.440 e. The molecule has 0 unspecified atom stereocenters. The number of halogens is 6. The Morgan fingerprint density at radius 3 is 1.08 bits per heavy atom. The summed E-state index contributed by atoms with van der Waals surface area (Å²) in [4.78, 5) is -0.340. The molecule has 0 aliphatic rings. The first-order chi connectivity index (χ1) is 5.44.